The molecule has 0 saturated carbocycles. The molecular weight excluding hydrogens is 332 g/mol. The van der Waals surface area contributed by atoms with Crippen LogP contribution in [0.1, 0.15) is 0 Å². The minimum absolute atomic E-state index is 0.0173. The van der Waals surface area contributed by atoms with Gasteiger partial charge in [0.2, 0.25) is 0 Å². The summed E-state index contributed by atoms with van der Waals surface area (Å²) >= 11 is 3.15. The van der Waals surface area contributed by atoms with E-state index in [-0.39, 0.29) is 29.0 Å². The molecule has 0 fully saturated rings. The van der Waals surface area contributed by atoms with Crippen LogP contribution in [0.15, 0.2) is 28.9 Å². The third kappa shape index (κ3) is 3.12. The van der Waals surface area contributed by atoms with Crippen molar-refractivity contribution in [1.82, 2.24) is 9.97 Å². The van der Waals surface area contributed by atoms with Crippen LogP contribution in [0.4, 0.5) is 11.5 Å². The van der Waals surface area contributed by atoms with Crippen LogP contribution in [0, 0.1) is 10.1 Å². The summed E-state index contributed by atoms with van der Waals surface area (Å²) in [4.78, 5) is 18.1. The molecule has 1 aromatic heterocycles. The number of aromatic nitrogens is 2. The normalized spacial score (nSPS) is 10.1. The molecule has 0 aliphatic carbocycles. The van der Waals surface area contributed by atoms with Crippen molar-refractivity contribution in [3.05, 3.63) is 39.0 Å². The van der Waals surface area contributed by atoms with Gasteiger partial charge in [0.05, 0.1) is 18.1 Å². The van der Waals surface area contributed by atoms with Gasteiger partial charge in [-0.05, 0) is 28.1 Å². The zero-order valence-electron chi connectivity index (χ0n) is 10.2. The number of methoxy groups -OCH3 is 1. The summed E-state index contributed by atoms with van der Waals surface area (Å²) in [6.07, 6.45) is 0. The lowest BCUT2D eigenvalue weighted by atomic mass is 10.3. The summed E-state index contributed by atoms with van der Waals surface area (Å²) in [5, 5.41) is 10.9. The van der Waals surface area contributed by atoms with E-state index in [0.29, 0.717) is 4.60 Å². The van der Waals surface area contributed by atoms with E-state index in [1.165, 1.54) is 31.4 Å². The lowest BCUT2D eigenvalue weighted by Crippen LogP contribution is -1.98. The van der Waals surface area contributed by atoms with E-state index in [1.807, 2.05) is 0 Å². The number of nitrogens with two attached hydrogens (primary N) is 1. The average molecular weight is 341 g/mol. The van der Waals surface area contributed by atoms with Crippen molar-refractivity contribution in [3.63, 3.8) is 0 Å². The van der Waals surface area contributed by atoms with Crippen molar-refractivity contribution in [2.45, 2.75) is 0 Å². The summed E-state index contributed by atoms with van der Waals surface area (Å²) in [6.45, 7) is 0. The molecule has 104 valence electrons. The Kier molecular flexibility index (Phi) is 3.99. The van der Waals surface area contributed by atoms with E-state index < -0.39 is 4.92 Å². The van der Waals surface area contributed by atoms with Gasteiger partial charge in [0.15, 0.2) is 5.75 Å². The van der Waals surface area contributed by atoms with Crippen molar-refractivity contribution in [2.75, 3.05) is 12.8 Å². The summed E-state index contributed by atoms with van der Waals surface area (Å²) < 4.78 is 10.7. The zero-order chi connectivity index (χ0) is 14.7. The molecule has 2 aromatic rings. The maximum absolute atomic E-state index is 10.9. The second-order valence-electron chi connectivity index (χ2n) is 3.59. The first-order valence-electron chi connectivity index (χ1n) is 5.30. The fraction of sp³-hybridized carbons (Fsp3) is 0.0909. The largest absolute Gasteiger partial charge is 0.490 e. The molecule has 0 aliphatic rings. The van der Waals surface area contributed by atoms with Crippen LogP contribution in [0.3, 0.4) is 0 Å². The Morgan fingerprint density at radius 1 is 1.35 bits per heavy atom. The quantitative estimate of drug-likeness (QED) is 0.516. The molecule has 0 unspecified atom stereocenters. The molecule has 0 radical (unpaired) electrons. The smallest absolute Gasteiger partial charge is 0.325 e. The molecule has 20 heavy (non-hydrogen) atoms. The van der Waals surface area contributed by atoms with Crippen LogP contribution in [0.5, 0.6) is 17.5 Å². The number of nitrogens with zero attached hydrogens (tertiary/aromatic N) is 3. The predicted octanol–water partition coefficient (Wildman–Crippen LogP) is 2.53. The first-order valence-corrected chi connectivity index (χ1v) is 6.09. The Morgan fingerprint density at radius 2 is 2.10 bits per heavy atom. The second kappa shape index (κ2) is 5.70. The molecule has 0 spiro atoms. The van der Waals surface area contributed by atoms with Crippen LogP contribution in [-0.4, -0.2) is 22.0 Å². The van der Waals surface area contributed by atoms with Crippen LogP contribution in [0.25, 0.3) is 0 Å². The molecule has 9 heteroatoms. The summed E-state index contributed by atoms with van der Waals surface area (Å²) in [5.74, 6) is 0.553. The SMILES string of the molecule is COc1ccc(Oc2nc(N)cc(Br)n2)cc1[N+](=O)[O-]. The van der Waals surface area contributed by atoms with Gasteiger partial charge in [-0.3, -0.25) is 10.1 Å². The monoisotopic (exact) mass is 340 g/mol. The topological polar surface area (TPSA) is 113 Å². The number of nitro benzene ring substituents is 1. The number of rotatable bonds is 4. The molecule has 2 rings (SSSR count). The van der Waals surface area contributed by atoms with Gasteiger partial charge < -0.3 is 15.2 Å². The zero-order valence-corrected chi connectivity index (χ0v) is 11.8. The van der Waals surface area contributed by atoms with E-state index in [1.54, 1.807) is 0 Å². The predicted molar refractivity (Wildman–Crippen MR) is 73.9 cm³/mol. The summed E-state index contributed by atoms with van der Waals surface area (Å²) in [7, 11) is 1.35. The van der Waals surface area contributed by atoms with Crippen molar-refractivity contribution >= 4 is 27.4 Å². The van der Waals surface area contributed by atoms with Gasteiger partial charge in [-0.1, -0.05) is 0 Å². The van der Waals surface area contributed by atoms with Crippen molar-refractivity contribution in [2.24, 2.45) is 0 Å². The van der Waals surface area contributed by atoms with Gasteiger partial charge in [-0.25, -0.2) is 0 Å². The van der Waals surface area contributed by atoms with E-state index in [2.05, 4.69) is 25.9 Å². The fourth-order valence-corrected chi connectivity index (χ4v) is 1.83. The number of hydrogen-bond acceptors (Lipinski definition) is 7. The van der Waals surface area contributed by atoms with Crippen LogP contribution in [0.2, 0.25) is 0 Å². The van der Waals surface area contributed by atoms with Gasteiger partial charge >= 0.3 is 11.7 Å². The van der Waals surface area contributed by atoms with Crippen LogP contribution < -0.4 is 15.2 Å². The minimum atomic E-state index is -0.568. The first kappa shape index (κ1) is 14.0. The van der Waals surface area contributed by atoms with Crippen molar-refractivity contribution < 1.29 is 14.4 Å². The molecule has 0 bridgehead atoms. The minimum Gasteiger partial charge on any atom is -0.490 e. The third-order valence-electron chi connectivity index (χ3n) is 2.25. The van der Waals surface area contributed by atoms with Crippen LogP contribution in [-0.2, 0) is 0 Å². The highest BCUT2D eigenvalue weighted by Crippen LogP contribution is 2.32. The van der Waals surface area contributed by atoms with Gasteiger partial charge in [0, 0.05) is 6.07 Å². The molecule has 1 heterocycles. The van der Waals surface area contributed by atoms with E-state index in [9.17, 15) is 10.1 Å². The third-order valence-corrected chi connectivity index (χ3v) is 2.66. The van der Waals surface area contributed by atoms with E-state index >= 15 is 0 Å². The summed E-state index contributed by atoms with van der Waals surface area (Å²) in [5.41, 5.74) is 5.33. The maximum Gasteiger partial charge on any atom is 0.325 e. The molecule has 1 aromatic carbocycles. The van der Waals surface area contributed by atoms with Gasteiger partial charge in [0.25, 0.3) is 0 Å². The lowest BCUT2D eigenvalue weighted by molar-refractivity contribution is -0.385. The molecule has 0 aliphatic heterocycles. The number of nitro groups is 1. The number of benzene rings is 1. The highest BCUT2D eigenvalue weighted by molar-refractivity contribution is 9.10. The fourth-order valence-electron chi connectivity index (χ4n) is 1.44. The summed E-state index contributed by atoms with van der Waals surface area (Å²) in [6, 6.07) is 5.64. The average Bonchev–Trinajstić information content (AvgIpc) is 2.37. The van der Waals surface area contributed by atoms with Crippen LogP contribution >= 0.6 is 15.9 Å². The molecule has 8 nitrogen and oxygen atoms in total. The molecule has 0 amide bonds. The molecule has 0 atom stereocenters. The second-order valence-corrected chi connectivity index (χ2v) is 4.40. The van der Waals surface area contributed by atoms with E-state index in [0.717, 1.165) is 0 Å². The highest BCUT2D eigenvalue weighted by Gasteiger charge is 2.16. The number of ether oxygens (including phenoxy) is 2. The standard InChI is InChI=1S/C11H9BrN4O4/c1-19-8-3-2-6(4-7(8)16(17)18)20-11-14-9(12)5-10(13)15-11/h2-5H,1H3,(H2,13,14,15). The Balaban J connectivity index is 2.34. The molecule has 0 saturated heterocycles. The Bertz CT molecular complexity index is 645. The molecular formula is C11H9BrN4O4. The Hall–Kier alpha value is -2.42. The van der Waals surface area contributed by atoms with Gasteiger partial charge in [-0.2, -0.15) is 9.97 Å². The van der Waals surface area contributed by atoms with Gasteiger partial charge in [0.1, 0.15) is 16.2 Å². The lowest BCUT2D eigenvalue weighted by Gasteiger charge is -2.06. The highest BCUT2D eigenvalue weighted by atomic mass is 79.9. The van der Waals surface area contributed by atoms with E-state index in [4.69, 9.17) is 15.2 Å². The number of anilines is 1. The Morgan fingerprint density at radius 3 is 2.70 bits per heavy atom. The number of hydrogen-bond donors (Lipinski definition) is 1. The number of halogens is 1. The molecule has 2 N–H and O–H groups in total. The van der Waals surface area contributed by atoms with Crippen molar-refractivity contribution in [3.8, 4) is 17.5 Å². The van der Waals surface area contributed by atoms with Crippen molar-refractivity contribution in [1.29, 1.82) is 0 Å². The Labute approximate surface area is 121 Å². The first-order chi connectivity index (χ1) is 9.49. The van der Waals surface area contributed by atoms with Gasteiger partial charge in [-0.15, -0.1) is 0 Å². The maximum atomic E-state index is 10.9. The number of nitrogen functional groups attached to an aromatic ring is 1.